The first-order chi connectivity index (χ1) is 17.6. The first-order valence-electron chi connectivity index (χ1n) is 11.3. The Morgan fingerprint density at radius 2 is 1.61 bits per heavy atom. The molecule has 0 saturated carbocycles. The Morgan fingerprint density at radius 1 is 1.03 bits per heavy atom. The van der Waals surface area contributed by atoms with Gasteiger partial charge in [-0.2, -0.15) is 13.2 Å². The minimum absolute atomic E-state index is 0. The second kappa shape index (κ2) is 20.5. The monoisotopic (exact) mass is 554 g/mol. The molecule has 0 fully saturated rings. The van der Waals surface area contributed by atoms with Crippen LogP contribution in [0.2, 0.25) is 0 Å². The molecule has 6 N–H and O–H groups in total. The first-order valence-corrected chi connectivity index (χ1v) is 11.3. The number of nitrogens with two attached hydrogens (primary N) is 3. The van der Waals surface area contributed by atoms with Crippen molar-refractivity contribution >= 4 is 18.0 Å². The van der Waals surface area contributed by atoms with Crippen LogP contribution >= 0.6 is 0 Å². The number of rotatable bonds is 5. The molecule has 0 radical (unpaired) electrons. The van der Waals surface area contributed by atoms with E-state index < -0.39 is 11.7 Å². The van der Waals surface area contributed by atoms with Crippen LogP contribution in [0.3, 0.4) is 0 Å². The number of hydrogen-bond acceptors (Lipinski definition) is 5. The molecule has 0 unspecified atom stereocenters. The predicted molar refractivity (Wildman–Crippen MR) is 146 cm³/mol. The van der Waals surface area contributed by atoms with Crippen molar-refractivity contribution in [3.63, 3.8) is 0 Å². The molecule has 0 atom stereocenters. The van der Waals surface area contributed by atoms with Crippen LogP contribution in [0.25, 0.3) is 5.32 Å². The maximum absolute atomic E-state index is 11.8. The van der Waals surface area contributed by atoms with Gasteiger partial charge in [0.1, 0.15) is 12.1 Å². The van der Waals surface area contributed by atoms with Crippen molar-refractivity contribution in [3.8, 4) is 11.8 Å². The van der Waals surface area contributed by atoms with Gasteiger partial charge in [-0.1, -0.05) is 74.7 Å². The van der Waals surface area contributed by atoms with Crippen LogP contribution in [0.1, 0.15) is 40.9 Å². The van der Waals surface area contributed by atoms with Gasteiger partial charge in [0.25, 0.3) is 0 Å². The van der Waals surface area contributed by atoms with Gasteiger partial charge in [-0.05, 0) is 38.4 Å². The molecule has 11 heteroatoms. The second-order valence-corrected chi connectivity index (χ2v) is 6.98. The van der Waals surface area contributed by atoms with Crippen molar-refractivity contribution in [2.24, 2.45) is 27.2 Å². The summed E-state index contributed by atoms with van der Waals surface area (Å²) in [6.45, 7) is 6.74. The second-order valence-electron chi connectivity index (χ2n) is 6.98. The fourth-order valence-corrected chi connectivity index (χ4v) is 2.71. The number of halogens is 3. The van der Waals surface area contributed by atoms with Crippen LogP contribution in [0.4, 0.5) is 13.2 Å². The Balaban J connectivity index is 0. The number of nitrogens with zero attached hydrogens (tertiary/aromatic N) is 3. The molecular weight excluding hydrogens is 520 g/mol. The van der Waals surface area contributed by atoms with Crippen molar-refractivity contribution in [1.29, 1.82) is 0 Å². The molecule has 0 saturated heterocycles. The summed E-state index contributed by atoms with van der Waals surface area (Å²) in [5.41, 5.74) is 19.0. The van der Waals surface area contributed by atoms with Crippen molar-refractivity contribution in [2.75, 3.05) is 27.2 Å². The van der Waals surface area contributed by atoms with E-state index >= 15 is 0 Å². The van der Waals surface area contributed by atoms with Crippen LogP contribution in [-0.2, 0) is 6.18 Å². The zero-order valence-corrected chi connectivity index (χ0v) is 25.8. The summed E-state index contributed by atoms with van der Waals surface area (Å²) in [5, 5.41) is 4.14. The number of benzene rings is 2. The van der Waals surface area contributed by atoms with E-state index in [9.17, 15) is 18.0 Å². The number of allylic oxidation sites excluding steroid dienone is 1. The fraction of sp³-hybridized carbons (Fsp3) is 0.296. The molecule has 7 nitrogen and oxygen atoms in total. The molecule has 0 aliphatic rings. The molecule has 0 aromatic heterocycles. The SMILES string of the molecule is CCN=C(N)/C(C(=NCC)[N-]C)=C(/N)C#Cc1cc(C=O)ccc1C.CN.FC(F)(F)c1ccccc1.[K+]. The Bertz CT molecular complexity index is 1150. The summed E-state index contributed by atoms with van der Waals surface area (Å²) >= 11 is 0. The van der Waals surface area contributed by atoms with Crippen LogP contribution < -0.4 is 68.6 Å². The van der Waals surface area contributed by atoms with Gasteiger partial charge in [0.15, 0.2) is 0 Å². The van der Waals surface area contributed by atoms with Gasteiger partial charge in [0.05, 0.1) is 11.3 Å². The molecule has 0 aliphatic carbocycles. The molecule has 0 amide bonds. The van der Waals surface area contributed by atoms with E-state index in [4.69, 9.17) is 11.5 Å². The summed E-state index contributed by atoms with van der Waals surface area (Å²) in [4.78, 5) is 19.4. The summed E-state index contributed by atoms with van der Waals surface area (Å²) in [6.07, 6.45) is -3.43. The third-order valence-electron chi connectivity index (χ3n) is 4.43. The standard InChI is InChI=1S/C19H24N5O.C7H5F3.CH5N.K/c1-5-23-18(21)17(19(22-4)24-6-2)16(20)10-9-15-11-14(12-25)8-7-13(15)3;8-7(9,10)6-4-2-1-3-5-6;1-2;/h7-8,11-12H,5-6H2,1-4H3,(H4-,20,21,22,23,24);1-5H;2H2,1H3;/q-1;;;+1. The largest absolute Gasteiger partial charge is 1.00 e. The van der Waals surface area contributed by atoms with Crippen molar-refractivity contribution < 1.29 is 69.4 Å². The zero-order chi connectivity index (χ0) is 28.4. The van der Waals surface area contributed by atoms with Crippen LogP contribution in [0, 0.1) is 18.8 Å². The minimum Gasteiger partial charge on any atom is -0.468 e. The van der Waals surface area contributed by atoms with Gasteiger partial charge in [-0.15, -0.1) is 0 Å². The average Bonchev–Trinajstić information content (AvgIpc) is 2.89. The van der Waals surface area contributed by atoms with Gasteiger partial charge in [-0.25, -0.2) is 0 Å². The predicted octanol–water partition coefficient (Wildman–Crippen LogP) is 1.46. The summed E-state index contributed by atoms with van der Waals surface area (Å²) < 4.78 is 35.4. The van der Waals surface area contributed by atoms with Crippen molar-refractivity contribution in [1.82, 2.24) is 0 Å². The van der Waals surface area contributed by atoms with E-state index in [0.717, 1.165) is 29.5 Å². The van der Waals surface area contributed by atoms with Gasteiger partial charge in [-0.3, -0.25) is 9.79 Å². The molecule has 0 bridgehead atoms. The van der Waals surface area contributed by atoms with Crippen LogP contribution in [0.5, 0.6) is 0 Å². The average molecular weight is 555 g/mol. The summed E-state index contributed by atoms with van der Waals surface area (Å²) in [7, 11) is 3.12. The van der Waals surface area contributed by atoms with Gasteiger partial charge >= 0.3 is 57.6 Å². The minimum atomic E-state index is -4.21. The van der Waals surface area contributed by atoms with E-state index in [0.29, 0.717) is 30.1 Å². The van der Waals surface area contributed by atoms with Gasteiger partial charge in [0, 0.05) is 23.2 Å². The quantitative estimate of drug-likeness (QED) is 0.170. The van der Waals surface area contributed by atoms with Crippen molar-refractivity contribution in [3.05, 3.63) is 87.4 Å². The molecule has 0 spiro atoms. The summed E-state index contributed by atoms with van der Waals surface area (Å²) in [6, 6.07) is 11.7. The number of aliphatic imine (C=N–C) groups is 2. The number of carbonyl (C=O) groups excluding carboxylic acids is 1. The number of amidine groups is 2. The molecule has 2 aromatic rings. The molecule has 0 aliphatic heterocycles. The maximum Gasteiger partial charge on any atom is 1.00 e. The summed E-state index contributed by atoms with van der Waals surface area (Å²) in [5.74, 6) is 6.55. The Hall–Kier alpha value is -2.46. The molecule has 200 valence electrons. The normalized spacial score (nSPS) is 11.6. The molecular formula is C27H34F3KN6O. The number of alkyl halides is 3. The van der Waals surface area contributed by atoms with Gasteiger partial charge < -0.3 is 27.5 Å². The number of hydrogen-bond donors (Lipinski definition) is 3. The van der Waals surface area contributed by atoms with Crippen LogP contribution in [0.15, 0.2) is 69.8 Å². The maximum atomic E-state index is 11.8. The van der Waals surface area contributed by atoms with Crippen LogP contribution in [-0.4, -0.2) is 45.1 Å². The molecule has 2 rings (SSSR count). The molecule has 2 aromatic carbocycles. The molecule has 0 heterocycles. The van der Waals surface area contributed by atoms with E-state index in [1.165, 1.54) is 19.2 Å². The Kier molecular flexibility index (Phi) is 20.3. The first kappa shape index (κ1) is 37.7. The third kappa shape index (κ3) is 13.4. The molecule has 38 heavy (non-hydrogen) atoms. The van der Waals surface area contributed by atoms with E-state index in [1.807, 2.05) is 26.8 Å². The topological polar surface area (TPSA) is 134 Å². The number of aryl methyl sites for hydroxylation is 1. The zero-order valence-electron chi connectivity index (χ0n) is 22.7. The fourth-order valence-electron chi connectivity index (χ4n) is 2.71. The van der Waals surface area contributed by atoms with E-state index in [2.05, 4.69) is 32.9 Å². The number of likely N-dealkylation sites (N-methyl/N-ethyl adjacent to an activating group) is 1. The van der Waals surface area contributed by atoms with Gasteiger partial charge in [0.2, 0.25) is 0 Å². The third-order valence-corrected chi connectivity index (χ3v) is 4.43. The number of aldehydes is 1. The Morgan fingerprint density at radius 3 is 2.05 bits per heavy atom. The van der Waals surface area contributed by atoms with E-state index in [-0.39, 0.29) is 62.9 Å². The van der Waals surface area contributed by atoms with E-state index in [1.54, 1.807) is 25.2 Å². The number of carbonyl (C=O) groups is 1. The Labute approximate surface area is 265 Å². The smallest absolute Gasteiger partial charge is 0.468 e. The van der Waals surface area contributed by atoms with Crippen molar-refractivity contribution in [2.45, 2.75) is 26.9 Å².